The molecule has 0 saturated carbocycles. The van der Waals surface area contributed by atoms with Crippen molar-refractivity contribution in [3.63, 3.8) is 0 Å². The fourth-order valence-corrected chi connectivity index (χ4v) is 1.56. The minimum atomic E-state index is 0.710. The van der Waals surface area contributed by atoms with E-state index in [1.165, 1.54) is 0 Å². The third-order valence-corrected chi connectivity index (χ3v) is 2.63. The second-order valence-electron chi connectivity index (χ2n) is 3.85. The van der Waals surface area contributed by atoms with Crippen LogP contribution in [0.15, 0.2) is 36.5 Å². The number of nitrogens with zero attached hydrogens (tertiary/aromatic N) is 3. The predicted molar refractivity (Wildman–Crippen MR) is 70.8 cm³/mol. The van der Waals surface area contributed by atoms with Crippen molar-refractivity contribution in [2.24, 2.45) is 0 Å². The number of hydrogen-bond acceptors (Lipinski definition) is 4. The van der Waals surface area contributed by atoms with Gasteiger partial charge in [-0.25, -0.2) is 9.97 Å². The van der Waals surface area contributed by atoms with Crippen LogP contribution in [0.4, 0.5) is 17.3 Å². The van der Waals surface area contributed by atoms with Crippen molar-refractivity contribution in [2.45, 2.75) is 6.92 Å². The van der Waals surface area contributed by atoms with Gasteiger partial charge in [-0.3, -0.25) is 0 Å². The summed E-state index contributed by atoms with van der Waals surface area (Å²) < 4.78 is 0. The van der Waals surface area contributed by atoms with Crippen LogP contribution in [0.1, 0.15) is 5.69 Å². The van der Waals surface area contributed by atoms with Crippen molar-refractivity contribution < 1.29 is 0 Å². The fraction of sp³-hybridized carbons (Fsp3) is 0.231. The van der Waals surface area contributed by atoms with Crippen LogP contribution in [-0.2, 0) is 0 Å². The highest BCUT2D eigenvalue weighted by Gasteiger charge is 2.06. The maximum atomic E-state index is 4.39. The van der Waals surface area contributed by atoms with Crippen LogP contribution in [0.2, 0.25) is 0 Å². The van der Waals surface area contributed by atoms with E-state index in [1.807, 2.05) is 56.3 Å². The highest BCUT2D eigenvalue weighted by molar-refractivity contribution is 5.60. The Bertz CT molecular complexity index is 493. The van der Waals surface area contributed by atoms with E-state index in [9.17, 15) is 0 Å². The van der Waals surface area contributed by atoms with E-state index in [-0.39, 0.29) is 0 Å². The van der Waals surface area contributed by atoms with Gasteiger partial charge in [-0.05, 0) is 37.3 Å². The molecule has 1 heterocycles. The van der Waals surface area contributed by atoms with Gasteiger partial charge < -0.3 is 10.2 Å². The van der Waals surface area contributed by atoms with Gasteiger partial charge in [0, 0.05) is 37.4 Å². The minimum absolute atomic E-state index is 0.710. The summed E-state index contributed by atoms with van der Waals surface area (Å²) in [4.78, 5) is 10.6. The number of aromatic nitrogens is 2. The van der Waals surface area contributed by atoms with Gasteiger partial charge in [0.05, 0.1) is 0 Å². The molecule has 1 N–H and O–H groups in total. The maximum Gasteiger partial charge on any atom is 0.229 e. The highest BCUT2D eigenvalue weighted by Crippen LogP contribution is 2.21. The van der Waals surface area contributed by atoms with Gasteiger partial charge >= 0.3 is 0 Å². The first-order valence-electron chi connectivity index (χ1n) is 5.52. The quantitative estimate of drug-likeness (QED) is 0.876. The van der Waals surface area contributed by atoms with Crippen LogP contribution in [0.5, 0.6) is 0 Å². The van der Waals surface area contributed by atoms with Crippen molar-refractivity contribution in [1.29, 1.82) is 0 Å². The molecule has 17 heavy (non-hydrogen) atoms. The summed E-state index contributed by atoms with van der Waals surface area (Å²) in [7, 11) is 3.87. The van der Waals surface area contributed by atoms with Gasteiger partial charge in [0.15, 0.2) is 0 Å². The number of hydrogen-bond donors (Lipinski definition) is 1. The van der Waals surface area contributed by atoms with Crippen LogP contribution < -0.4 is 10.2 Å². The monoisotopic (exact) mass is 228 g/mol. The van der Waals surface area contributed by atoms with Gasteiger partial charge in [-0.1, -0.05) is 0 Å². The summed E-state index contributed by atoms with van der Waals surface area (Å²) in [5, 5.41) is 3.09. The first kappa shape index (κ1) is 11.4. The topological polar surface area (TPSA) is 41.0 Å². The summed E-state index contributed by atoms with van der Waals surface area (Å²) in [6.07, 6.45) is 1.77. The molecular formula is C13H16N4. The molecule has 0 amide bonds. The lowest BCUT2D eigenvalue weighted by molar-refractivity contribution is 1.01. The number of rotatable bonds is 3. The van der Waals surface area contributed by atoms with Crippen LogP contribution in [0.25, 0.3) is 0 Å². The van der Waals surface area contributed by atoms with Gasteiger partial charge in [-0.2, -0.15) is 0 Å². The summed E-state index contributed by atoms with van der Waals surface area (Å²) in [5.41, 5.74) is 3.12. The minimum Gasteiger partial charge on any atom is -0.388 e. The number of aryl methyl sites for hydroxylation is 1. The standard InChI is InChI=1S/C13H16N4/c1-10-8-9-15-13(16-10)17(3)12-6-4-11(14-2)5-7-12/h4-9,14H,1-3H3. The molecule has 1 aromatic carbocycles. The molecular weight excluding hydrogens is 212 g/mol. The molecule has 4 heteroatoms. The summed E-state index contributed by atoms with van der Waals surface area (Å²) in [6, 6.07) is 10.0. The SMILES string of the molecule is CNc1ccc(N(C)c2nccc(C)n2)cc1. The van der Waals surface area contributed by atoms with Crippen LogP contribution in [-0.4, -0.2) is 24.1 Å². The Labute approximate surface area is 101 Å². The molecule has 2 aromatic rings. The molecule has 0 fully saturated rings. The van der Waals surface area contributed by atoms with Crippen LogP contribution in [0.3, 0.4) is 0 Å². The Kier molecular flexibility index (Phi) is 3.23. The Balaban J connectivity index is 2.27. The number of benzene rings is 1. The van der Waals surface area contributed by atoms with E-state index in [1.54, 1.807) is 6.20 Å². The van der Waals surface area contributed by atoms with Crippen molar-refractivity contribution in [3.05, 3.63) is 42.2 Å². The van der Waals surface area contributed by atoms with Gasteiger partial charge in [0.1, 0.15) is 0 Å². The molecule has 0 bridgehead atoms. The van der Waals surface area contributed by atoms with Crippen LogP contribution >= 0.6 is 0 Å². The fourth-order valence-electron chi connectivity index (χ4n) is 1.56. The van der Waals surface area contributed by atoms with E-state index in [0.717, 1.165) is 17.1 Å². The Morgan fingerprint density at radius 1 is 1.12 bits per heavy atom. The summed E-state index contributed by atoms with van der Waals surface area (Å²) in [5.74, 6) is 0.710. The second kappa shape index (κ2) is 4.82. The van der Waals surface area contributed by atoms with Gasteiger partial charge in [-0.15, -0.1) is 0 Å². The Morgan fingerprint density at radius 3 is 2.41 bits per heavy atom. The molecule has 0 radical (unpaired) electrons. The van der Waals surface area contributed by atoms with Crippen LogP contribution in [0, 0.1) is 6.92 Å². The van der Waals surface area contributed by atoms with E-state index >= 15 is 0 Å². The first-order chi connectivity index (χ1) is 8.20. The van der Waals surface area contributed by atoms with E-state index in [0.29, 0.717) is 5.95 Å². The van der Waals surface area contributed by atoms with E-state index in [2.05, 4.69) is 15.3 Å². The van der Waals surface area contributed by atoms with Gasteiger partial charge in [0.2, 0.25) is 5.95 Å². The van der Waals surface area contributed by atoms with Crippen molar-refractivity contribution in [2.75, 3.05) is 24.3 Å². The molecule has 0 spiro atoms. The Morgan fingerprint density at radius 2 is 1.82 bits per heavy atom. The molecule has 2 rings (SSSR count). The first-order valence-corrected chi connectivity index (χ1v) is 5.52. The van der Waals surface area contributed by atoms with Crippen molar-refractivity contribution >= 4 is 17.3 Å². The molecule has 1 aromatic heterocycles. The predicted octanol–water partition coefficient (Wildman–Crippen LogP) is 2.59. The molecule has 0 aliphatic rings. The zero-order chi connectivity index (χ0) is 12.3. The molecule has 0 saturated heterocycles. The zero-order valence-corrected chi connectivity index (χ0v) is 10.3. The average Bonchev–Trinajstić information content (AvgIpc) is 2.38. The van der Waals surface area contributed by atoms with E-state index < -0.39 is 0 Å². The second-order valence-corrected chi connectivity index (χ2v) is 3.85. The number of nitrogens with one attached hydrogen (secondary N) is 1. The van der Waals surface area contributed by atoms with E-state index in [4.69, 9.17) is 0 Å². The molecule has 4 nitrogen and oxygen atoms in total. The maximum absolute atomic E-state index is 4.39. The molecule has 0 atom stereocenters. The lowest BCUT2D eigenvalue weighted by Crippen LogP contribution is -2.13. The average molecular weight is 228 g/mol. The third-order valence-electron chi connectivity index (χ3n) is 2.63. The molecule has 0 aliphatic carbocycles. The lowest BCUT2D eigenvalue weighted by Gasteiger charge is -2.17. The number of anilines is 3. The molecule has 0 aliphatic heterocycles. The largest absolute Gasteiger partial charge is 0.388 e. The van der Waals surface area contributed by atoms with Crippen molar-refractivity contribution in [1.82, 2.24) is 9.97 Å². The summed E-state index contributed by atoms with van der Waals surface area (Å²) >= 11 is 0. The van der Waals surface area contributed by atoms with Gasteiger partial charge in [0.25, 0.3) is 0 Å². The Hall–Kier alpha value is -2.10. The zero-order valence-electron chi connectivity index (χ0n) is 10.3. The molecule has 88 valence electrons. The smallest absolute Gasteiger partial charge is 0.229 e. The lowest BCUT2D eigenvalue weighted by atomic mass is 10.2. The third kappa shape index (κ3) is 2.53. The molecule has 0 unspecified atom stereocenters. The summed E-state index contributed by atoms with van der Waals surface area (Å²) in [6.45, 7) is 1.96. The highest BCUT2D eigenvalue weighted by atomic mass is 15.2. The van der Waals surface area contributed by atoms with Crippen molar-refractivity contribution in [3.8, 4) is 0 Å². The normalized spacial score (nSPS) is 10.1.